The van der Waals surface area contributed by atoms with E-state index < -0.39 is 0 Å². The van der Waals surface area contributed by atoms with Crippen molar-refractivity contribution in [2.24, 2.45) is 0 Å². The van der Waals surface area contributed by atoms with Crippen molar-refractivity contribution in [3.63, 3.8) is 0 Å². The molecule has 8 heavy (non-hydrogen) atoms. The predicted octanol–water partition coefficient (Wildman–Crippen LogP) is 0.0483. The average Bonchev–Trinajstić information content (AvgIpc) is 2.43. The lowest BCUT2D eigenvalue weighted by molar-refractivity contribution is -0.149. The SMILES string of the molecule is O=C1CCC2OC2O1. The molecular formula is C5H6O3. The van der Waals surface area contributed by atoms with Gasteiger partial charge in [-0.1, -0.05) is 0 Å². The molecule has 0 spiro atoms. The van der Waals surface area contributed by atoms with Crippen LogP contribution in [0.5, 0.6) is 0 Å². The third kappa shape index (κ3) is 0.512. The van der Waals surface area contributed by atoms with Gasteiger partial charge >= 0.3 is 5.97 Å². The first-order valence-electron chi connectivity index (χ1n) is 2.71. The molecule has 0 N–H and O–H groups in total. The van der Waals surface area contributed by atoms with E-state index in [1.54, 1.807) is 0 Å². The molecule has 2 saturated heterocycles. The molecule has 2 heterocycles. The molecule has 2 atom stereocenters. The van der Waals surface area contributed by atoms with Crippen LogP contribution in [0, 0.1) is 0 Å². The minimum Gasteiger partial charge on any atom is -0.433 e. The Morgan fingerprint density at radius 2 is 2.50 bits per heavy atom. The van der Waals surface area contributed by atoms with Gasteiger partial charge in [0.15, 0.2) is 0 Å². The zero-order chi connectivity index (χ0) is 5.56. The molecule has 0 aromatic rings. The Labute approximate surface area is 46.6 Å². The number of fused-ring (bicyclic) bond motifs is 1. The maximum atomic E-state index is 10.4. The summed E-state index contributed by atoms with van der Waals surface area (Å²) in [5.74, 6) is -0.122. The summed E-state index contributed by atoms with van der Waals surface area (Å²) in [7, 11) is 0. The van der Waals surface area contributed by atoms with Crippen LogP contribution >= 0.6 is 0 Å². The maximum absolute atomic E-state index is 10.4. The fourth-order valence-corrected chi connectivity index (χ4v) is 0.883. The first-order valence-corrected chi connectivity index (χ1v) is 2.71. The van der Waals surface area contributed by atoms with E-state index in [1.807, 2.05) is 0 Å². The molecule has 2 rings (SSSR count). The van der Waals surface area contributed by atoms with Crippen LogP contribution in [0.15, 0.2) is 0 Å². The Balaban J connectivity index is 2.02. The Morgan fingerprint density at radius 1 is 1.62 bits per heavy atom. The van der Waals surface area contributed by atoms with Gasteiger partial charge in [0.1, 0.15) is 6.10 Å². The highest BCUT2D eigenvalue weighted by Gasteiger charge is 2.45. The molecule has 2 aliphatic heterocycles. The van der Waals surface area contributed by atoms with Crippen LogP contribution in [0.25, 0.3) is 0 Å². The van der Waals surface area contributed by atoms with Crippen LogP contribution < -0.4 is 0 Å². The van der Waals surface area contributed by atoms with Crippen LogP contribution in [0.2, 0.25) is 0 Å². The normalized spacial score (nSPS) is 42.8. The molecule has 0 bridgehead atoms. The van der Waals surface area contributed by atoms with Crippen molar-refractivity contribution < 1.29 is 14.3 Å². The van der Waals surface area contributed by atoms with E-state index in [4.69, 9.17) is 9.47 Å². The van der Waals surface area contributed by atoms with Crippen LogP contribution in [-0.2, 0) is 14.3 Å². The number of carbonyl (C=O) groups is 1. The monoisotopic (exact) mass is 114 g/mol. The van der Waals surface area contributed by atoms with Gasteiger partial charge in [0.25, 0.3) is 0 Å². The highest BCUT2D eigenvalue weighted by molar-refractivity contribution is 5.70. The molecular weight excluding hydrogens is 108 g/mol. The second kappa shape index (κ2) is 1.23. The summed E-state index contributed by atoms with van der Waals surface area (Å²) in [4.78, 5) is 10.4. The molecule has 0 aromatic heterocycles. The van der Waals surface area contributed by atoms with E-state index in [9.17, 15) is 4.79 Å². The van der Waals surface area contributed by atoms with E-state index in [1.165, 1.54) is 0 Å². The molecule has 0 aliphatic carbocycles. The van der Waals surface area contributed by atoms with Crippen LogP contribution in [0.4, 0.5) is 0 Å². The van der Waals surface area contributed by atoms with Crippen molar-refractivity contribution in [3.05, 3.63) is 0 Å². The quantitative estimate of drug-likeness (QED) is 0.330. The van der Waals surface area contributed by atoms with Gasteiger partial charge in [-0.2, -0.15) is 0 Å². The number of hydrogen-bond acceptors (Lipinski definition) is 3. The lowest BCUT2D eigenvalue weighted by atomic mass is 10.2. The molecule has 3 heteroatoms. The lowest BCUT2D eigenvalue weighted by Crippen LogP contribution is -2.15. The smallest absolute Gasteiger partial charge is 0.308 e. The molecule has 2 aliphatic rings. The molecule has 3 nitrogen and oxygen atoms in total. The Bertz CT molecular complexity index is 132. The van der Waals surface area contributed by atoms with Crippen molar-refractivity contribution in [1.29, 1.82) is 0 Å². The zero-order valence-corrected chi connectivity index (χ0v) is 4.29. The predicted molar refractivity (Wildman–Crippen MR) is 24.0 cm³/mol. The first kappa shape index (κ1) is 4.32. The number of ether oxygens (including phenoxy) is 2. The second-order valence-electron chi connectivity index (χ2n) is 2.07. The van der Waals surface area contributed by atoms with Gasteiger partial charge in [0, 0.05) is 6.42 Å². The van der Waals surface area contributed by atoms with E-state index in [0.717, 1.165) is 6.42 Å². The highest BCUT2D eigenvalue weighted by Crippen LogP contribution is 2.32. The van der Waals surface area contributed by atoms with Crippen LogP contribution in [-0.4, -0.2) is 18.4 Å². The van der Waals surface area contributed by atoms with Crippen molar-refractivity contribution in [2.45, 2.75) is 25.2 Å². The largest absolute Gasteiger partial charge is 0.433 e. The van der Waals surface area contributed by atoms with E-state index in [2.05, 4.69) is 0 Å². The van der Waals surface area contributed by atoms with Crippen LogP contribution in [0.1, 0.15) is 12.8 Å². The van der Waals surface area contributed by atoms with Gasteiger partial charge in [-0.3, -0.25) is 4.79 Å². The van der Waals surface area contributed by atoms with Crippen LogP contribution in [0.3, 0.4) is 0 Å². The first-order chi connectivity index (χ1) is 3.86. The third-order valence-electron chi connectivity index (χ3n) is 1.42. The van der Waals surface area contributed by atoms with Crippen molar-refractivity contribution in [2.75, 3.05) is 0 Å². The molecule has 0 saturated carbocycles. The number of epoxide rings is 1. The van der Waals surface area contributed by atoms with Gasteiger partial charge in [-0.05, 0) is 6.42 Å². The molecule has 44 valence electrons. The summed E-state index contributed by atoms with van der Waals surface area (Å²) in [6.45, 7) is 0. The summed E-state index contributed by atoms with van der Waals surface area (Å²) in [5, 5.41) is 0. The summed E-state index contributed by atoms with van der Waals surface area (Å²) in [6, 6.07) is 0. The van der Waals surface area contributed by atoms with Crippen molar-refractivity contribution in [3.8, 4) is 0 Å². The van der Waals surface area contributed by atoms with Crippen molar-refractivity contribution in [1.82, 2.24) is 0 Å². The minimum atomic E-state index is -0.170. The third-order valence-corrected chi connectivity index (χ3v) is 1.42. The van der Waals surface area contributed by atoms with Gasteiger partial charge in [-0.25, -0.2) is 0 Å². The molecule has 2 fully saturated rings. The molecule has 0 amide bonds. The Hall–Kier alpha value is -0.570. The van der Waals surface area contributed by atoms with E-state index in [0.29, 0.717) is 6.42 Å². The fraction of sp³-hybridized carbons (Fsp3) is 0.800. The Morgan fingerprint density at radius 3 is 3.12 bits per heavy atom. The highest BCUT2D eigenvalue weighted by atomic mass is 16.8. The fourth-order valence-electron chi connectivity index (χ4n) is 0.883. The van der Waals surface area contributed by atoms with Gasteiger partial charge in [0.05, 0.1) is 0 Å². The minimum absolute atomic E-state index is 0.122. The number of hydrogen-bond donors (Lipinski definition) is 0. The number of esters is 1. The average molecular weight is 114 g/mol. The maximum Gasteiger partial charge on any atom is 0.308 e. The van der Waals surface area contributed by atoms with E-state index >= 15 is 0 Å². The zero-order valence-electron chi connectivity index (χ0n) is 4.29. The molecule has 0 radical (unpaired) electrons. The number of carbonyl (C=O) groups excluding carboxylic acids is 1. The Kier molecular flexibility index (Phi) is 0.663. The topological polar surface area (TPSA) is 38.8 Å². The summed E-state index contributed by atoms with van der Waals surface area (Å²) in [5.41, 5.74) is 0. The van der Waals surface area contributed by atoms with Gasteiger partial charge in [-0.15, -0.1) is 0 Å². The molecule has 2 unspecified atom stereocenters. The summed E-state index contributed by atoms with van der Waals surface area (Å²) >= 11 is 0. The lowest BCUT2D eigenvalue weighted by Gasteiger charge is -2.03. The number of rotatable bonds is 0. The van der Waals surface area contributed by atoms with Crippen molar-refractivity contribution >= 4 is 5.97 Å². The van der Waals surface area contributed by atoms with Gasteiger partial charge < -0.3 is 9.47 Å². The van der Waals surface area contributed by atoms with E-state index in [-0.39, 0.29) is 18.4 Å². The standard InChI is InChI=1S/C5H6O3/c6-4-2-1-3-5(7-3)8-4/h3,5H,1-2H2. The van der Waals surface area contributed by atoms with Gasteiger partial charge in [0.2, 0.25) is 6.29 Å². The summed E-state index contributed by atoms with van der Waals surface area (Å²) < 4.78 is 9.60. The summed E-state index contributed by atoms with van der Waals surface area (Å²) in [6.07, 6.45) is 1.45. The second-order valence-corrected chi connectivity index (χ2v) is 2.07. The molecule has 0 aromatic carbocycles.